The molecule has 0 unspecified atom stereocenters. The number of nitrogens with one attached hydrogen (secondary N) is 2. The molecule has 1 heterocycles. The maximum Gasteiger partial charge on any atom is 0.319 e. The molecule has 0 aliphatic heterocycles. The number of carbonyl (C=O) groups is 1. The molecule has 4 rings (SSSR count). The number of fused-ring (bicyclic) bond motifs is 1. The fourth-order valence-electron chi connectivity index (χ4n) is 2.79. The van der Waals surface area contributed by atoms with Gasteiger partial charge in [-0.05, 0) is 54.1 Å². The topological polar surface area (TPSA) is 63.2 Å². The quantitative estimate of drug-likeness (QED) is 0.487. The van der Waals surface area contributed by atoms with Crippen molar-refractivity contribution in [2.24, 2.45) is 0 Å². The molecular weight excluding hydrogens is 370 g/mol. The summed E-state index contributed by atoms with van der Waals surface area (Å²) in [7, 11) is 1.63. The van der Waals surface area contributed by atoms with Crippen LogP contribution in [0.3, 0.4) is 0 Å². The number of rotatable bonds is 5. The Morgan fingerprint density at radius 3 is 2.46 bits per heavy atom. The van der Waals surface area contributed by atoms with Crippen LogP contribution in [0, 0.1) is 0 Å². The Bertz CT molecular complexity index is 1060. The Balaban J connectivity index is 1.36. The van der Waals surface area contributed by atoms with Crippen LogP contribution in [0.2, 0.25) is 0 Å². The lowest BCUT2D eigenvalue weighted by Crippen LogP contribution is -2.28. The number of thiazole rings is 1. The van der Waals surface area contributed by atoms with Gasteiger partial charge in [-0.15, -0.1) is 11.3 Å². The van der Waals surface area contributed by atoms with E-state index in [1.165, 1.54) is 0 Å². The highest BCUT2D eigenvalue weighted by molar-refractivity contribution is 7.21. The number of aromatic nitrogens is 1. The molecule has 0 saturated heterocycles. The first-order valence-electron chi connectivity index (χ1n) is 8.85. The third-order valence-electron chi connectivity index (χ3n) is 4.30. The molecule has 6 heteroatoms. The van der Waals surface area contributed by atoms with Gasteiger partial charge in [-0.25, -0.2) is 9.78 Å². The van der Waals surface area contributed by atoms with Gasteiger partial charge in [-0.2, -0.15) is 0 Å². The number of nitrogens with zero attached hydrogens (tertiary/aromatic N) is 1. The van der Waals surface area contributed by atoms with Crippen LogP contribution < -0.4 is 15.4 Å². The van der Waals surface area contributed by atoms with E-state index in [0.29, 0.717) is 6.54 Å². The maximum atomic E-state index is 12.1. The number of urea groups is 1. The molecule has 3 aromatic carbocycles. The van der Waals surface area contributed by atoms with E-state index < -0.39 is 0 Å². The van der Waals surface area contributed by atoms with Gasteiger partial charge < -0.3 is 15.4 Å². The Morgan fingerprint density at radius 2 is 1.75 bits per heavy atom. The van der Waals surface area contributed by atoms with Gasteiger partial charge in [0.2, 0.25) is 0 Å². The van der Waals surface area contributed by atoms with E-state index in [1.54, 1.807) is 18.4 Å². The van der Waals surface area contributed by atoms with E-state index >= 15 is 0 Å². The van der Waals surface area contributed by atoms with Gasteiger partial charge >= 0.3 is 6.03 Å². The number of carbonyl (C=O) groups excluding carboxylic acids is 1. The lowest BCUT2D eigenvalue weighted by atomic mass is 10.2. The molecule has 28 heavy (non-hydrogen) atoms. The highest BCUT2D eigenvalue weighted by Crippen LogP contribution is 2.30. The molecule has 1 aromatic heterocycles. The van der Waals surface area contributed by atoms with Crippen LogP contribution in [0.1, 0.15) is 5.56 Å². The number of para-hydroxylation sites is 1. The third kappa shape index (κ3) is 4.13. The lowest BCUT2D eigenvalue weighted by Gasteiger charge is -2.08. The molecule has 0 bridgehead atoms. The zero-order valence-corrected chi connectivity index (χ0v) is 16.1. The van der Waals surface area contributed by atoms with Crippen LogP contribution in [-0.4, -0.2) is 18.1 Å². The van der Waals surface area contributed by atoms with Gasteiger partial charge in [0.15, 0.2) is 0 Å². The standard InChI is InChI=1S/C22H19N3O2S/c1-27-18-12-6-15(7-13-18)14-23-22(26)24-17-10-8-16(9-11-17)21-25-19-4-2-3-5-20(19)28-21/h2-13H,14H2,1H3,(H2,23,24,26). The maximum absolute atomic E-state index is 12.1. The van der Waals surface area contributed by atoms with E-state index in [-0.39, 0.29) is 6.03 Å². The number of amides is 2. The molecule has 2 N–H and O–H groups in total. The van der Waals surface area contributed by atoms with Crippen molar-refractivity contribution in [2.75, 3.05) is 12.4 Å². The summed E-state index contributed by atoms with van der Waals surface area (Å²) in [4.78, 5) is 16.8. The Kier molecular flexibility index (Phi) is 5.21. The predicted molar refractivity (Wildman–Crippen MR) is 114 cm³/mol. The largest absolute Gasteiger partial charge is 0.497 e. The molecular formula is C22H19N3O2S. The van der Waals surface area contributed by atoms with Crippen molar-refractivity contribution in [1.82, 2.24) is 10.3 Å². The van der Waals surface area contributed by atoms with Crippen molar-refractivity contribution in [1.29, 1.82) is 0 Å². The zero-order chi connectivity index (χ0) is 19.3. The number of methoxy groups -OCH3 is 1. The Labute approximate surface area is 167 Å². The molecule has 0 aliphatic rings. The average Bonchev–Trinajstić information content (AvgIpc) is 3.17. The van der Waals surface area contributed by atoms with Gasteiger partial charge in [-0.1, -0.05) is 24.3 Å². The van der Waals surface area contributed by atoms with Crippen LogP contribution in [-0.2, 0) is 6.54 Å². The number of anilines is 1. The molecule has 5 nitrogen and oxygen atoms in total. The molecule has 0 radical (unpaired) electrons. The number of benzene rings is 3. The highest BCUT2D eigenvalue weighted by atomic mass is 32.1. The second-order valence-electron chi connectivity index (χ2n) is 6.22. The second-order valence-corrected chi connectivity index (χ2v) is 7.25. The van der Waals surface area contributed by atoms with E-state index in [4.69, 9.17) is 4.74 Å². The summed E-state index contributed by atoms with van der Waals surface area (Å²) in [6, 6.07) is 23.1. The first kappa shape index (κ1) is 18.0. The molecule has 140 valence electrons. The van der Waals surface area contributed by atoms with Crippen LogP contribution in [0.5, 0.6) is 5.75 Å². The summed E-state index contributed by atoms with van der Waals surface area (Å²) in [6.45, 7) is 0.444. The molecule has 2 amide bonds. The number of ether oxygens (including phenoxy) is 1. The van der Waals surface area contributed by atoms with E-state index in [9.17, 15) is 4.79 Å². The molecule has 0 aliphatic carbocycles. The van der Waals surface area contributed by atoms with Gasteiger partial charge in [0.05, 0.1) is 17.3 Å². The highest BCUT2D eigenvalue weighted by Gasteiger charge is 2.07. The molecule has 0 spiro atoms. The van der Waals surface area contributed by atoms with Crippen LogP contribution in [0.15, 0.2) is 72.8 Å². The van der Waals surface area contributed by atoms with Crippen LogP contribution in [0.25, 0.3) is 20.8 Å². The monoisotopic (exact) mass is 389 g/mol. The van der Waals surface area contributed by atoms with Gasteiger partial charge in [-0.3, -0.25) is 0 Å². The van der Waals surface area contributed by atoms with E-state index in [2.05, 4.69) is 21.7 Å². The first-order chi connectivity index (χ1) is 13.7. The van der Waals surface area contributed by atoms with Crippen LogP contribution >= 0.6 is 11.3 Å². The van der Waals surface area contributed by atoms with Gasteiger partial charge in [0.25, 0.3) is 0 Å². The van der Waals surface area contributed by atoms with Gasteiger partial charge in [0, 0.05) is 17.8 Å². The molecule has 0 saturated carbocycles. The summed E-state index contributed by atoms with van der Waals surface area (Å²) in [6.07, 6.45) is 0. The number of hydrogen-bond acceptors (Lipinski definition) is 4. The molecule has 4 aromatic rings. The second kappa shape index (κ2) is 8.10. The summed E-state index contributed by atoms with van der Waals surface area (Å²) in [5.41, 5.74) is 3.77. The Hall–Kier alpha value is -3.38. The van der Waals surface area contributed by atoms with Crippen molar-refractivity contribution in [2.45, 2.75) is 6.54 Å². The summed E-state index contributed by atoms with van der Waals surface area (Å²) >= 11 is 1.66. The zero-order valence-electron chi connectivity index (χ0n) is 15.3. The van der Waals surface area contributed by atoms with Crippen molar-refractivity contribution in [3.05, 3.63) is 78.4 Å². The SMILES string of the molecule is COc1ccc(CNC(=O)Nc2ccc(-c3nc4ccccc4s3)cc2)cc1. The van der Waals surface area contributed by atoms with Crippen molar-refractivity contribution >= 4 is 33.3 Å². The lowest BCUT2D eigenvalue weighted by molar-refractivity contribution is 0.251. The van der Waals surface area contributed by atoms with Crippen molar-refractivity contribution < 1.29 is 9.53 Å². The molecule has 0 atom stereocenters. The van der Waals surface area contributed by atoms with Crippen molar-refractivity contribution in [3.63, 3.8) is 0 Å². The third-order valence-corrected chi connectivity index (χ3v) is 5.38. The fourth-order valence-corrected chi connectivity index (χ4v) is 3.76. The van der Waals surface area contributed by atoms with Gasteiger partial charge in [0.1, 0.15) is 10.8 Å². The Morgan fingerprint density at radius 1 is 1.00 bits per heavy atom. The van der Waals surface area contributed by atoms with E-state index in [0.717, 1.165) is 37.8 Å². The average molecular weight is 389 g/mol. The predicted octanol–water partition coefficient (Wildman–Crippen LogP) is 5.29. The first-order valence-corrected chi connectivity index (χ1v) is 9.67. The minimum atomic E-state index is -0.247. The fraction of sp³-hybridized carbons (Fsp3) is 0.0909. The minimum absolute atomic E-state index is 0.247. The number of hydrogen-bond donors (Lipinski definition) is 2. The molecule has 0 fully saturated rings. The van der Waals surface area contributed by atoms with E-state index in [1.807, 2.05) is 66.7 Å². The minimum Gasteiger partial charge on any atom is -0.497 e. The summed E-state index contributed by atoms with van der Waals surface area (Å²) < 4.78 is 6.29. The summed E-state index contributed by atoms with van der Waals surface area (Å²) in [5.74, 6) is 0.793. The van der Waals surface area contributed by atoms with Crippen LogP contribution in [0.4, 0.5) is 10.5 Å². The normalized spacial score (nSPS) is 10.6. The van der Waals surface area contributed by atoms with Crippen molar-refractivity contribution in [3.8, 4) is 16.3 Å². The summed E-state index contributed by atoms with van der Waals surface area (Å²) in [5, 5.41) is 6.67. The smallest absolute Gasteiger partial charge is 0.319 e.